The Hall–Kier alpha value is -1.60. The lowest BCUT2D eigenvalue weighted by Crippen LogP contribution is -2.42. The summed E-state index contributed by atoms with van der Waals surface area (Å²) in [7, 11) is -1.70. The van der Waals surface area contributed by atoms with Crippen molar-refractivity contribution < 1.29 is 17.9 Å². The highest BCUT2D eigenvalue weighted by Crippen LogP contribution is 2.25. The third kappa shape index (κ3) is 7.43. The molecule has 1 amide bonds. The number of nitrogens with zero attached hydrogens (tertiary/aromatic N) is 1. The second-order valence-electron chi connectivity index (χ2n) is 7.49. The van der Waals surface area contributed by atoms with Crippen molar-refractivity contribution in [2.75, 3.05) is 38.2 Å². The van der Waals surface area contributed by atoms with E-state index in [2.05, 4.69) is 10.2 Å². The molecule has 6 nitrogen and oxygen atoms in total. The second-order valence-corrected chi connectivity index (χ2v) is 9.67. The first-order valence-corrected chi connectivity index (χ1v) is 12.1. The third-order valence-corrected chi connectivity index (χ3v) is 6.85. The zero-order chi connectivity index (χ0) is 20.4. The molecule has 0 radical (unpaired) electrons. The van der Waals surface area contributed by atoms with Gasteiger partial charge in [0.05, 0.1) is 18.9 Å². The van der Waals surface area contributed by atoms with Gasteiger partial charge in [-0.15, -0.1) is 0 Å². The van der Waals surface area contributed by atoms with Crippen LogP contribution in [0.15, 0.2) is 24.3 Å². The molecular weight excluding hydrogens is 376 g/mol. The molecule has 1 heterocycles. The summed E-state index contributed by atoms with van der Waals surface area (Å²) in [5, 5.41) is 2.86. The number of sulfone groups is 1. The molecule has 1 atom stereocenters. The maximum Gasteiger partial charge on any atom is 0.235 e. The molecule has 0 spiro atoms. The van der Waals surface area contributed by atoms with Gasteiger partial charge in [-0.3, -0.25) is 9.69 Å². The van der Waals surface area contributed by atoms with Gasteiger partial charge in [0.2, 0.25) is 5.91 Å². The molecule has 0 bridgehead atoms. The number of hydrogen-bond donors (Lipinski definition) is 1. The zero-order valence-corrected chi connectivity index (χ0v) is 18.0. The Morgan fingerprint density at radius 2 is 1.82 bits per heavy atom. The topological polar surface area (TPSA) is 75.7 Å². The monoisotopic (exact) mass is 410 g/mol. The van der Waals surface area contributed by atoms with Gasteiger partial charge in [0.15, 0.2) is 9.84 Å². The van der Waals surface area contributed by atoms with Crippen LogP contribution in [-0.2, 0) is 14.6 Å². The summed E-state index contributed by atoms with van der Waals surface area (Å²) >= 11 is 0. The predicted octanol–water partition coefficient (Wildman–Crippen LogP) is 2.94. The molecule has 1 unspecified atom stereocenters. The highest BCUT2D eigenvalue weighted by molar-refractivity contribution is 7.92. The molecule has 1 aromatic carbocycles. The first-order chi connectivity index (χ1) is 13.4. The number of unbranched alkanes of at least 4 members (excludes halogenated alkanes) is 2. The van der Waals surface area contributed by atoms with Crippen molar-refractivity contribution in [1.29, 1.82) is 0 Å². The largest absolute Gasteiger partial charge is 0.497 e. The van der Waals surface area contributed by atoms with Gasteiger partial charge in [-0.25, -0.2) is 8.42 Å². The van der Waals surface area contributed by atoms with E-state index in [1.807, 2.05) is 31.2 Å². The molecule has 2 rings (SSSR count). The van der Waals surface area contributed by atoms with Crippen molar-refractivity contribution >= 4 is 15.7 Å². The number of amides is 1. The average molecular weight is 411 g/mol. The lowest BCUT2D eigenvalue weighted by Gasteiger charge is -2.35. The third-order valence-electron chi connectivity index (χ3n) is 5.23. The number of rotatable bonds is 11. The fourth-order valence-corrected chi connectivity index (χ4v) is 4.91. The van der Waals surface area contributed by atoms with E-state index in [4.69, 9.17) is 4.74 Å². The lowest BCUT2D eigenvalue weighted by atomic mass is 10.0. The minimum Gasteiger partial charge on any atom is -0.497 e. The number of methoxy groups -OCH3 is 1. The molecule has 1 saturated heterocycles. The van der Waals surface area contributed by atoms with E-state index in [1.54, 1.807) is 7.11 Å². The van der Waals surface area contributed by atoms with E-state index in [-0.39, 0.29) is 11.8 Å². The quantitative estimate of drug-likeness (QED) is 0.568. The molecule has 0 saturated carbocycles. The molecule has 0 aliphatic carbocycles. The lowest BCUT2D eigenvalue weighted by molar-refractivity contribution is -0.118. The van der Waals surface area contributed by atoms with E-state index < -0.39 is 21.5 Å². The number of hydrogen-bond acceptors (Lipinski definition) is 5. The van der Waals surface area contributed by atoms with E-state index >= 15 is 0 Å². The van der Waals surface area contributed by atoms with Crippen LogP contribution in [0.3, 0.4) is 0 Å². The normalized spacial score (nSPS) is 16.5. The summed E-state index contributed by atoms with van der Waals surface area (Å²) in [6.07, 6.45) is 5.97. The Morgan fingerprint density at radius 1 is 1.14 bits per heavy atom. The number of ether oxygens (including phenoxy) is 1. The van der Waals surface area contributed by atoms with Crippen LogP contribution in [0.25, 0.3) is 0 Å². The molecule has 28 heavy (non-hydrogen) atoms. The van der Waals surface area contributed by atoms with Crippen LogP contribution >= 0.6 is 0 Å². The smallest absolute Gasteiger partial charge is 0.235 e. The molecule has 158 valence electrons. The van der Waals surface area contributed by atoms with Gasteiger partial charge in [-0.05, 0) is 50.0 Å². The Morgan fingerprint density at radius 3 is 2.43 bits per heavy atom. The van der Waals surface area contributed by atoms with Crippen LogP contribution in [0, 0.1) is 0 Å². The van der Waals surface area contributed by atoms with E-state index in [1.165, 1.54) is 6.42 Å². The number of carbonyl (C=O) groups excluding carboxylic acids is 1. The number of piperidine rings is 1. The highest BCUT2D eigenvalue weighted by Gasteiger charge is 2.24. The fraction of sp³-hybridized carbons (Fsp3) is 0.667. The Labute approximate surface area is 169 Å². The van der Waals surface area contributed by atoms with Crippen LogP contribution < -0.4 is 10.1 Å². The highest BCUT2D eigenvalue weighted by atomic mass is 32.2. The number of carbonyl (C=O) groups is 1. The molecule has 1 N–H and O–H groups in total. The maximum absolute atomic E-state index is 12.3. The van der Waals surface area contributed by atoms with Gasteiger partial charge in [-0.2, -0.15) is 0 Å². The number of likely N-dealkylation sites (tertiary alicyclic amines) is 1. The van der Waals surface area contributed by atoms with Crippen molar-refractivity contribution in [3.63, 3.8) is 0 Å². The van der Waals surface area contributed by atoms with Crippen LogP contribution in [-0.4, -0.2) is 57.5 Å². The molecule has 1 fully saturated rings. The summed E-state index contributed by atoms with van der Waals surface area (Å²) in [5.41, 5.74) is 1.11. The first-order valence-electron chi connectivity index (χ1n) is 10.3. The Kier molecular flexibility index (Phi) is 9.25. The molecule has 1 aliphatic heterocycles. The average Bonchev–Trinajstić information content (AvgIpc) is 2.69. The standard InChI is InChI=1S/C21H34N2O4S/c1-3-4-8-15-28(25,26)17-21(24)22-16-20(23-13-6-5-7-14-23)18-9-11-19(27-2)12-10-18/h9-12,20H,3-8,13-17H2,1-2H3,(H,22,24). The summed E-state index contributed by atoms with van der Waals surface area (Å²) < 4.78 is 29.5. The summed E-state index contributed by atoms with van der Waals surface area (Å²) in [6, 6.07) is 7.92. The summed E-state index contributed by atoms with van der Waals surface area (Å²) in [5.74, 6) is 0.0457. The van der Waals surface area contributed by atoms with Crippen LogP contribution in [0.4, 0.5) is 0 Å². The van der Waals surface area contributed by atoms with E-state index in [9.17, 15) is 13.2 Å². The van der Waals surface area contributed by atoms with Gasteiger partial charge in [0, 0.05) is 6.54 Å². The van der Waals surface area contributed by atoms with E-state index in [0.717, 1.165) is 50.1 Å². The van der Waals surface area contributed by atoms with Crippen molar-refractivity contribution in [3.05, 3.63) is 29.8 Å². The molecule has 1 aliphatic rings. The van der Waals surface area contributed by atoms with Crippen LogP contribution in [0.1, 0.15) is 57.1 Å². The van der Waals surface area contributed by atoms with Crippen LogP contribution in [0.2, 0.25) is 0 Å². The van der Waals surface area contributed by atoms with Crippen molar-refractivity contribution in [2.45, 2.75) is 51.5 Å². The van der Waals surface area contributed by atoms with Gasteiger partial charge in [0.25, 0.3) is 0 Å². The van der Waals surface area contributed by atoms with Crippen molar-refractivity contribution in [3.8, 4) is 5.75 Å². The van der Waals surface area contributed by atoms with Crippen LogP contribution in [0.5, 0.6) is 5.75 Å². The Bertz CT molecular complexity index is 698. The Balaban J connectivity index is 1.98. The summed E-state index contributed by atoms with van der Waals surface area (Å²) in [6.45, 7) is 4.42. The number of nitrogens with one attached hydrogen (secondary N) is 1. The van der Waals surface area contributed by atoms with Gasteiger partial charge in [-0.1, -0.05) is 38.3 Å². The minimum absolute atomic E-state index is 0.0398. The maximum atomic E-state index is 12.3. The van der Waals surface area contributed by atoms with Crippen molar-refractivity contribution in [1.82, 2.24) is 10.2 Å². The molecule has 1 aromatic rings. The second kappa shape index (κ2) is 11.4. The van der Waals surface area contributed by atoms with E-state index in [0.29, 0.717) is 13.0 Å². The molecule has 0 aromatic heterocycles. The first kappa shape index (κ1) is 22.7. The van der Waals surface area contributed by atoms with Crippen molar-refractivity contribution in [2.24, 2.45) is 0 Å². The predicted molar refractivity (Wildman–Crippen MR) is 112 cm³/mol. The zero-order valence-electron chi connectivity index (χ0n) is 17.2. The molecular formula is C21H34N2O4S. The van der Waals surface area contributed by atoms with Gasteiger partial charge in [0.1, 0.15) is 11.5 Å². The SMILES string of the molecule is CCCCCS(=O)(=O)CC(=O)NCC(c1ccc(OC)cc1)N1CCCCC1. The fourth-order valence-electron chi connectivity index (χ4n) is 3.62. The number of benzene rings is 1. The van der Waals surface area contributed by atoms with Gasteiger partial charge < -0.3 is 10.1 Å². The molecule has 7 heteroatoms. The van der Waals surface area contributed by atoms with Gasteiger partial charge >= 0.3 is 0 Å². The summed E-state index contributed by atoms with van der Waals surface area (Å²) in [4.78, 5) is 14.7. The minimum atomic E-state index is -3.34.